The molecule has 2 aliphatic heterocycles. The zero-order valence-electron chi connectivity index (χ0n) is 22.2. The molecule has 1 aliphatic carbocycles. The fourth-order valence-corrected chi connectivity index (χ4v) is 5.54. The second kappa shape index (κ2) is 11.4. The number of rotatable bonds is 5. The molecule has 2 amide bonds. The Morgan fingerprint density at radius 3 is 2.71 bits per heavy atom. The first kappa shape index (κ1) is 26.0. The van der Waals surface area contributed by atoms with Crippen molar-refractivity contribution in [2.45, 2.75) is 45.7 Å². The van der Waals surface area contributed by atoms with Crippen molar-refractivity contribution in [2.75, 3.05) is 43.4 Å². The molecule has 1 saturated carbocycles. The molecule has 1 saturated heterocycles. The minimum Gasteiger partial charge on any atom is -0.335 e. The highest BCUT2D eigenvalue weighted by Gasteiger charge is 2.34. The largest absolute Gasteiger partial charge is 0.335 e. The zero-order valence-corrected chi connectivity index (χ0v) is 22.2. The van der Waals surface area contributed by atoms with Gasteiger partial charge in [0.15, 0.2) is 0 Å². The highest BCUT2D eigenvalue weighted by Crippen LogP contribution is 2.33. The lowest BCUT2D eigenvalue weighted by Crippen LogP contribution is -2.60. The van der Waals surface area contributed by atoms with Gasteiger partial charge in [-0.2, -0.15) is 5.26 Å². The van der Waals surface area contributed by atoms with Crippen molar-refractivity contribution in [1.82, 2.24) is 14.7 Å². The smallest absolute Gasteiger partial charge is 0.321 e. The number of amides is 2. The SMILES string of the molecule is CC(C)[C@@H]1CN(C(=O)Nc2cccc(F)c2)CCN1/C(=N\C#N)Nc1cccc2c1CCN(CC1CC1)C2. The van der Waals surface area contributed by atoms with Crippen molar-refractivity contribution in [1.29, 1.82) is 5.26 Å². The lowest BCUT2D eigenvalue weighted by atomic mass is 9.97. The van der Waals surface area contributed by atoms with Gasteiger partial charge in [-0.05, 0) is 66.5 Å². The van der Waals surface area contributed by atoms with Gasteiger partial charge in [-0.1, -0.05) is 32.0 Å². The predicted molar refractivity (Wildman–Crippen MR) is 147 cm³/mol. The highest BCUT2D eigenvalue weighted by molar-refractivity contribution is 5.96. The first-order chi connectivity index (χ1) is 18.4. The third kappa shape index (κ3) is 6.08. The second-order valence-electron chi connectivity index (χ2n) is 10.9. The highest BCUT2D eigenvalue weighted by atomic mass is 19.1. The zero-order chi connectivity index (χ0) is 26.6. The van der Waals surface area contributed by atoms with E-state index >= 15 is 0 Å². The van der Waals surface area contributed by atoms with Gasteiger partial charge in [0.1, 0.15) is 5.82 Å². The minimum absolute atomic E-state index is 0.0461. The van der Waals surface area contributed by atoms with Gasteiger partial charge in [-0.15, -0.1) is 4.99 Å². The number of nitrogens with one attached hydrogen (secondary N) is 2. The Kier molecular flexibility index (Phi) is 7.79. The van der Waals surface area contributed by atoms with Crippen LogP contribution in [0.4, 0.5) is 20.6 Å². The van der Waals surface area contributed by atoms with Gasteiger partial charge in [-0.3, -0.25) is 4.90 Å². The van der Waals surface area contributed by atoms with Gasteiger partial charge < -0.3 is 20.4 Å². The van der Waals surface area contributed by atoms with Crippen LogP contribution in [0.25, 0.3) is 0 Å². The summed E-state index contributed by atoms with van der Waals surface area (Å²) in [5.74, 6) is 1.20. The van der Waals surface area contributed by atoms with Crippen LogP contribution in [0.3, 0.4) is 0 Å². The topological polar surface area (TPSA) is 87.0 Å². The standard InChI is InChI=1S/C29H36FN7O/c1-20(2)27-18-36(29(38)33-24-7-4-6-23(30)15-24)13-14-37(27)28(32-19-31)34-26-8-3-5-22-17-35(12-11-25(22)26)16-21-9-10-21/h3-8,15,20-21,27H,9-14,16-18H2,1-2H3,(H,32,34)(H,33,38)/t27-/m0/s1. The summed E-state index contributed by atoms with van der Waals surface area (Å²) in [5, 5.41) is 15.8. The van der Waals surface area contributed by atoms with Gasteiger partial charge in [0.25, 0.3) is 0 Å². The van der Waals surface area contributed by atoms with Crippen LogP contribution in [0, 0.1) is 29.1 Å². The molecular weight excluding hydrogens is 481 g/mol. The van der Waals surface area contributed by atoms with Crippen molar-refractivity contribution < 1.29 is 9.18 Å². The molecule has 2 N–H and O–H groups in total. The molecule has 8 nitrogen and oxygen atoms in total. The van der Waals surface area contributed by atoms with Crippen LogP contribution in [0.5, 0.6) is 0 Å². The number of nitrogens with zero attached hydrogens (tertiary/aromatic N) is 5. The molecule has 0 unspecified atom stereocenters. The van der Waals surface area contributed by atoms with Crippen molar-refractivity contribution >= 4 is 23.4 Å². The number of halogens is 1. The van der Waals surface area contributed by atoms with Crippen LogP contribution in [0.15, 0.2) is 47.5 Å². The molecule has 0 spiro atoms. The first-order valence-corrected chi connectivity index (χ1v) is 13.6. The normalized spacial score (nSPS) is 20.2. The quantitative estimate of drug-likeness (QED) is 0.341. The third-order valence-electron chi connectivity index (χ3n) is 7.78. The molecule has 2 fully saturated rings. The minimum atomic E-state index is -0.394. The summed E-state index contributed by atoms with van der Waals surface area (Å²) >= 11 is 0. The number of guanidine groups is 1. The number of aliphatic imine (C=N–C) groups is 1. The van der Waals surface area contributed by atoms with E-state index in [9.17, 15) is 14.4 Å². The molecular formula is C29H36FN7O. The molecule has 5 rings (SSSR count). The number of anilines is 2. The number of carbonyl (C=O) groups excluding carboxylic acids is 1. The average Bonchev–Trinajstić information content (AvgIpc) is 3.72. The van der Waals surface area contributed by atoms with Crippen molar-refractivity contribution in [3.63, 3.8) is 0 Å². The van der Waals surface area contributed by atoms with Gasteiger partial charge in [-0.25, -0.2) is 9.18 Å². The number of urea groups is 1. The first-order valence-electron chi connectivity index (χ1n) is 13.6. The maximum atomic E-state index is 13.6. The Bertz CT molecular complexity index is 1240. The fraction of sp³-hybridized carbons (Fsp3) is 0.483. The lowest BCUT2D eigenvalue weighted by molar-refractivity contribution is 0.120. The molecule has 0 aromatic heterocycles. The van der Waals surface area contributed by atoms with Crippen molar-refractivity contribution in [2.24, 2.45) is 16.8 Å². The molecule has 3 aliphatic rings. The number of nitriles is 1. The van der Waals surface area contributed by atoms with Gasteiger partial charge in [0, 0.05) is 50.6 Å². The number of piperazine rings is 1. The maximum Gasteiger partial charge on any atom is 0.321 e. The number of fused-ring (bicyclic) bond motifs is 1. The van der Waals surface area contributed by atoms with E-state index < -0.39 is 5.82 Å². The van der Waals surface area contributed by atoms with Crippen LogP contribution >= 0.6 is 0 Å². The molecule has 9 heteroatoms. The number of benzene rings is 2. The fourth-order valence-electron chi connectivity index (χ4n) is 5.54. The summed E-state index contributed by atoms with van der Waals surface area (Å²) in [6.45, 7) is 8.85. The van der Waals surface area contributed by atoms with E-state index in [-0.39, 0.29) is 18.0 Å². The van der Waals surface area contributed by atoms with Gasteiger partial charge >= 0.3 is 6.03 Å². The van der Waals surface area contributed by atoms with E-state index in [0.29, 0.717) is 31.3 Å². The monoisotopic (exact) mass is 517 g/mol. The summed E-state index contributed by atoms with van der Waals surface area (Å²) in [7, 11) is 0. The maximum absolute atomic E-state index is 13.6. The average molecular weight is 518 g/mol. The molecule has 2 aromatic rings. The van der Waals surface area contributed by atoms with Crippen molar-refractivity contribution in [3.8, 4) is 6.19 Å². The Morgan fingerprint density at radius 1 is 1.16 bits per heavy atom. The van der Waals surface area contributed by atoms with E-state index in [1.54, 1.807) is 17.0 Å². The third-order valence-corrected chi connectivity index (χ3v) is 7.78. The summed E-state index contributed by atoms with van der Waals surface area (Å²) in [4.78, 5) is 23.6. The number of carbonyl (C=O) groups is 1. The van der Waals surface area contributed by atoms with Gasteiger partial charge in [0.05, 0.1) is 6.04 Å². The van der Waals surface area contributed by atoms with E-state index in [0.717, 1.165) is 31.1 Å². The summed E-state index contributed by atoms with van der Waals surface area (Å²) in [6.07, 6.45) is 5.66. The Hall–Kier alpha value is -3.64. The molecule has 2 heterocycles. The number of hydrogen-bond acceptors (Lipinski definition) is 4. The molecule has 2 aromatic carbocycles. The van der Waals surface area contributed by atoms with Crippen LogP contribution in [-0.4, -0.2) is 65.5 Å². The van der Waals surface area contributed by atoms with Crippen LogP contribution in [0.2, 0.25) is 0 Å². The second-order valence-corrected chi connectivity index (χ2v) is 10.9. The van der Waals surface area contributed by atoms with E-state index in [4.69, 9.17) is 0 Å². The van der Waals surface area contributed by atoms with E-state index in [2.05, 4.69) is 57.5 Å². The Morgan fingerprint density at radius 2 is 1.97 bits per heavy atom. The number of hydrogen-bond donors (Lipinski definition) is 2. The predicted octanol–water partition coefficient (Wildman–Crippen LogP) is 4.72. The molecule has 0 radical (unpaired) electrons. The van der Waals surface area contributed by atoms with Gasteiger partial charge in [0.2, 0.25) is 12.2 Å². The van der Waals surface area contributed by atoms with Crippen molar-refractivity contribution in [3.05, 3.63) is 59.4 Å². The molecule has 1 atom stereocenters. The lowest BCUT2D eigenvalue weighted by Gasteiger charge is -2.44. The van der Waals surface area contributed by atoms with Crippen LogP contribution < -0.4 is 10.6 Å². The van der Waals surface area contributed by atoms with Crippen LogP contribution in [-0.2, 0) is 13.0 Å². The summed E-state index contributed by atoms with van der Waals surface area (Å²) in [6, 6.07) is 11.9. The summed E-state index contributed by atoms with van der Waals surface area (Å²) < 4.78 is 13.6. The molecule has 200 valence electrons. The molecule has 38 heavy (non-hydrogen) atoms. The van der Waals surface area contributed by atoms with E-state index in [1.807, 2.05) is 6.19 Å². The molecule has 0 bridgehead atoms. The van der Waals surface area contributed by atoms with Crippen LogP contribution in [0.1, 0.15) is 37.8 Å². The van der Waals surface area contributed by atoms with E-state index in [1.165, 1.54) is 42.6 Å². The summed E-state index contributed by atoms with van der Waals surface area (Å²) in [5.41, 5.74) is 4.05. The Balaban J connectivity index is 1.29. The Labute approximate surface area is 224 Å².